The van der Waals surface area contributed by atoms with Crippen LogP contribution in [-0.2, 0) is 0 Å². The largest absolute Gasteiger partial charge is 0.475 e. The van der Waals surface area contributed by atoms with Crippen molar-refractivity contribution in [1.82, 2.24) is 10.2 Å². The molecule has 1 atom stereocenters. The second-order valence-corrected chi connectivity index (χ2v) is 4.56. The number of para-hydroxylation sites is 2. The summed E-state index contributed by atoms with van der Waals surface area (Å²) in [5.41, 5.74) is 2.50. The Bertz CT molecular complexity index is 780. The highest BCUT2D eigenvalue weighted by molar-refractivity contribution is 6.12. The zero-order valence-electron chi connectivity index (χ0n) is 10.4. The van der Waals surface area contributed by atoms with Gasteiger partial charge in [0.25, 0.3) is 0 Å². The van der Waals surface area contributed by atoms with Crippen molar-refractivity contribution in [2.24, 2.45) is 4.99 Å². The van der Waals surface area contributed by atoms with Crippen molar-refractivity contribution in [2.45, 2.75) is 6.10 Å². The summed E-state index contributed by atoms with van der Waals surface area (Å²) in [7, 11) is 0. The van der Waals surface area contributed by atoms with Gasteiger partial charge in [-0.05, 0) is 24.3 Å². The number of rotatable bonds is 0. The Labute approximate surface area is 114 Å². The maximum absolute atomic E-state index is 12.5. The van der Waals surface area contributed by atoms with Gasteiger partial charge in [0, 0.05) is 11.8 Å². The van der Waals surface area contributed by atoms with Crippen LogP contribution in [0.2, 0.25) is 0 Å². The molecule has 1 aliphatic carbocycles. The monoisotopic (exact) mass is 263 g/mol. The van der Waals surface area contributed by atoms with Gasteiger partial charge in [0.05, 0.1) is 17.5 Å². The number of carbonyl (C=O) groups excluding carboxylic acids is 1. The molecule has 0 amide bonds. The average Bonchev–Trinajstić information content (AvgIpc) is 2.67. The third-order valence-corrected chi connectivity index (χ3v) is 3.32. The van der Waals surface area contributed by atoms with Crippen molar-refractivity contribution in [3.05, 3.63) is 53.4 Å². The van der Waals surface area contributed by atoms with E-state index in [4.69, 9.17) is 4.74 Å². The van der Waals surface area contributed by atoms with Gasteiger partial charge in [0.1, 0.15) is 11.4 Å². The number of hydrogen-bond donors (Lipinski definition) is 0. The molecule has 4 rings (SSSR count). The molecule has 2 aliphatic rings. The number of fused-ring (bicyclic) bond motifs is 3. The molecule has 0 radical (unpaired) electrons. The lowest BCUT2D eigenvalue weighted by Crippen LogP contribution is -2.33. The molecule has 1 aromatic heterocycles. The summed E-state index contributed by atoms with van der Waals surface area (Å²) in [6, 6.07) is 9.06. The van der Waals surface area contributed by atoms with Crippen molar-refractivity contribution < 1.29 is 9.53 Å². The van der Waals surface area contributed by atoms with Gasteiger partial charge < -0.3 is 4.74 Å². The highest BCUT2D eigenvalue weighted by Crippen LogP contribution is 2.34. The first-order chi connectivity index (χ1) is 9.83. The standard InChI is InChI=1S/C15H9N3O2/c19-14-10-5-6-17-18-12(10)7-9-8-16-11-3-1-2-4-13(11)20-15(9)14/h1-8,15H. The minimum absolute atomic E-state index is 0.115. The van der Waals surface area contributed by atoms with Gasteiger partial charge in [-0.25, -0.2) is 0 Å². The maximum Gasteiger partial charge on any atom is 0.210 e. The zero-order valence-corrected chi connectivity index (χ0v) is 10.4. The minimum atomic E-state index is -0.668. The Kier molecular flexibility index (Phi) is 2.26. The second-order valence-electron chi connectivity index (χ2n) is 4.56. The average molecular weight is 263 g/mol. The van der Waals surface area contributed by atoms with E-state index < -0.39 is 6.10 Å². The van der Waals surface area contributed by atoms with Gasteiger partial charge >= 0.3 is 0 Å². The summed E-state index contributed by atoms with van der Waals surface area (Å²) in [5.74, 6) is 0.492. The molecule has 1 unspecified atom stereocenters. The molecular formula is C15H9N3O2. The molecule has 0 saturated carbocycles. The Morgan fingerprint density at radius 1 is 1.15 bits per heavy atom. The first-order valence-corrected chi connectivity index (χ1v) is 6.20. The maximum atomic E-state index is 12.5. The van der Waals surface area contributed by atoms with E-state index in [9.17, 15) is 4.79 Å². The van der Waals surface area contributed by atoms with Crippen LogP contribution >= 0.6 is 0 Å². The third-order valence-electron chi connectivity index (χ3n) is 3.32. The van der Waals surface area contributed by atoms with Gasteiger partial charge in [0.2, 0.25) is 5.78 Å². The Hall–Kier alpha value is -2.82. The van der Waals surface area contributed by atoms with Crippen LogP contribution in [-0.4, -0.2) is 28.3 Å². The highest BCUT2D eigenvalue weighted by Gasteiger charge is 2.33. The van der Waals surface area contributed by atoms with E-state index in [1.54, 1.807) is 18.4 Å². The van der Waals surface area contributed by atoms with Crippen LogP contribution in [0.3, 0.4) is 0 Å². The highest BCUT2D eigenvalue weighted by atomic mass is 16.5. The second kappa shape index (κ2) is 4.09. The van der Waals surface area contributed by atoms with Crippen molar-refractivity contribution >= 4 is 23.8 Å². The first-order valence-electron chi connectivity index (χ1n) is 6.20. The summed E-state index contributed by atoms with van der Waals surface area (Å²) in [5, 5.41) is 7.78. The van der Waals surface area contributed by atoms with Crippen LogP contribution < -0.4 is 4.74 Å². The summed E-state index contributed by atoms with van der Waals surface area (Å²) >= 11 is 0. The lowest BCUT2D eigenvalue weighted by Gasteiger charge is -2.21. The summed E-state index contributed by atoms with van der Waals surface area (Å²) in [6.07, 6.45) is 4.29. The molecule has 5 nitrogen and oxygen atoms in total. The van der Waals surface area contributed by atoms with Gasteiger partial charge in [-0.1, -0.05) is 12.1 Å². The Morgan fingerprint density at radius 3 is 3.00 bits per heavy atom. The van der Waals surface area contributed by atoms with E-state index in [1.165, 1.54) is 6.20 Å². The molecule has 5 heteroatoms. The smallest absolute Gasteiger partial charge is 0.210 e. The van der Waals surface area contributed by atoms with E-state index in [0.29, 0.717) is 28.3 Å². The predicted molar refractivity (Wildman–Crippen MR) is 73.3 cm³/mol. The minimum Gasteiger partial charge on any atom is -0.475 e. The molecule has 1 aromatic carbocycles. The van der Waals surface area contributed by atoms with Gasteiger partial charge in [-0.3, -0.25) is 9.79 Å². The van der Waals surface area contributed by atoms with Crippen molar-refractivity contribution in [3.8, 4) is 5.75 Å². The Morgan fingerprint density at radius 2 is 2.05 bits per heavy atom. The number of aromatic nitrogens is 2. The predicted octanol–water partition coefficient (Wildman–Crippen LogP) is 2.22. The molecule has 0 fully saturated rings. The molecule has 0 spiro atoms. The van der Waals surface area contributed by atoms with E-state index in [-0.39, 0.29) is 5.78 Å². The molecule has 0 saturated heterocycles. The van der Waals surface area contributed by atoms with E-state index >= 15 is 0 Å². The fourth-order valence-corrected chi connectivity index (χ4v) is 2.34. The van der Waals surface area contributed by atoms with Crippen LogP contribution in [0.25, 0.3) is 6.08 Å². The number of ether oxygens (including phenoxy) is 1. The molecule has 0 bridgehead atoms. The number of Topliss-reactive ketones (excluding diaryl/α,β-unsaturated/α-hetero) is 1. The van der Waals surface area contributed by atoms with Crippen LogP contribution in [0.5, 0.6) is 5.75 Å². The summed E-state index contributed by atoms with van der Waals surface area (Å²) < 4.78 is 5.84. The number of aliphatic imine (C=N–C) groups is 1. The van der Waals surface area contributed by atoms with E-state index in [0.717, 1.165) is 0 Å². The number of nitrogens with zero attached hydrogens (tertiary/aromatic N) is 3. The van der Waals surface area contributed by atoms with Gasteiger partial charge in [-0.2, -0.15) is 10.2 Å². The molecule has 2 aromatic rings. The molecule has 1 aliphatic heterocycles. The lowest BCUT2D eigenvalue weighted by atomic mass is 9.93. The summed E-state index contributed by atoms with van der Waals surface area (Å²) in [6.45, 7) is 0. The molecule has 2 heterocycles. The molecule has 0 N–H and O–H groups in total. The van der Waals surface area contributed by atoms with Crippen LogP contribution in [0.15, 0.2) is 47.1 Å². The topological polar surface area (TPSA) is 64.4 Å². The fourth-order valence-electron chi connectivity index (χ4n) is 2.34. The summed E-state index contributed by atoms with van der Waals surface area (Å²) in [4.78, 5) is 16.9. The van der Waals surface area contributed by atoms with Gasteiger partial charge in [-0.15, -0.1) is 0 Å². The number of benzene rings is 1. The normalized spacial score (nSPS) is 19.1. The molecule has 20 heavy (non-hydrogen) atoms. The Balaban J connectivity index is 1.88. The van der Waals surface area contributed by atoms with Crippen LogP contribution in [0.4, 0.5) is 5.69 Å². The van der Waals surface area contributed by atoms with Crippen molar-refractivity contribution in [3.63, 3.8) is 0 Å². The van der Waals surface area contributed by atoms with Crippen molar-refractivity contribution in [1.29, 1.82) is 0 Å². The number of carbonyl (C=O) groups is 1. The van der Waals surface area contributed by atoms with Gasteiger partial charge in [0.15, 0.2) is 6.10 Å². The molecule has 96 valence electrons. The quantitative estimate of drug-likeness (QED) is 0.731. The van der Waals surface area contributed by atoms with Crippen LogP contribution in [0.1, 0.15) is 16.1 Å². The van der Waals surface area contributed by atoms with Crippen LogP contribution in [0, 0.1) is 0 Å². The number of ketones is 1. The zero-order chi connectivity index (χ0) is 13.5. The number of hydrogen-bond acceptors (Lipinski definition) is 5. The first kappa shape index (κ1) is 11.0. The SMILES string of the molecule is O=C1c2ccnnc2C=C2C=Nc3ccccc3OC12. The van der Waals surface area contributed by atoms with E-state index in [1.807, 2.05) is 24.3 Å². The van der Waals surface area contributed by atoms with E-state index in [2.05, 4.69) is 15.2 Å². The fraction of sp³-hybridized carbons (Fsp3) is 0.0667. The van der Waals surface area contributed by atoms with Crippen molar-refractivity contribution in [2.75, 3.05) is 0 Å². The molecular weight excluding hydrogens is 254 g/mol. The lowest BCUT2D eigenvalue weighted by molar-refractivity contribution is 0.0844. The third kappa shape index (κ3) is 1.56.